The summed E-state index contributed by atoms with van der Waals surface area (Å²) < 4.78 is 0. The molecule has 0 aliphatic heterocycles. The lowest BCUT2D eigenvalue weighted by atomic mass is 10.2. The molecular weight excluding hydrogens is 236 g/mol. The molecule has 1 heterocycles. The lowest BCUT2D eigenvalue weighted by Gasteiger charge is -2.00. The van der Waals surface area contributed by atoms with Gasteiger partial charge in [-0.25, -0.2) is 4.98 Å². The second-order valence-corrected chi connectivity index (χ2v) is 4.18. The van der Waals surface area contributed by atoms with E-state index in [0.717, 1.165) is 16.8 Å². The normalized spacial score (nSPS) is 11.2. The monoisotopic (exact) mass is 248 g/mol. The molecule has 3 heteroatoms. The van der Waals surface area contributed by atoms with Gasteiger partial charge >= 0.3 is 0 Å². The van der Waals surface area contributed by atoms with E-state index in [1.54, 1.807) is 18.3 Å². The summed E-state index contributed by atoms with van der Waals surface area (Å²) in [7, 11) is 0. The fourth-order valence-electron chi connectivity index (χ4n) is 1.87. The molecule has 0 fully saturated rings. The minimum absolute atomic E-state index is 0.187. The molecule has 0 atom stereocenters. The molecule has 0 amide bonds. The van der Waals surface area contributed by atoms with Crippen LogP contribution in [0.15, 0.2) is 65.7 Å². The molecule has 2 aromatic carbocycles. The number of phenolic OH excluding ortho intramolecular Hbond substituents is 1. The lowest BCUT2D eigenvalue weighted by Crippen LogP contribution is -1.88. The molecule has 0 unspecified atom stereocenters. The minimum atomic E-state index is 0.187. The van der Waals surface area contributed by atoms with Crippen LogP contribution in [0, 0.1) is 0 Å². The predicted molar refractivity (Wildman–Crippen MR) is 77.1 cm³/mol. The summed E-state index contributed by atoms with van der Waals surface area (Å²) in [4.78, 5) is 8.73. The molecule has 92 valence electrons. The first-order valence-corrected chi connectivity index (χ1v) is 6.01. The highest BCUT2D eigenvalue weighted by molar-refractivity contribution is 5.89. The number of nitrogens with zero attached hydrogens (tertiary/aromatic N) is 2. The Kier molecular flexibility index (Phi) is 2.94. The Hall–Kier alpha value is -2.68. The molecule has 0 aliphatic carbocycles. The third kappa shape index (κ3) is 2.45. The van der Waals surface area contributed by atoms with Crippen molar-refractivity contribution in [2.24, 2.45) is 4.99 Å². The Morgan fingerprint density at radius 2 is 1.74 bits per heavy atom. The van der Waals surface area contributed by atoms with Gasteiger partial charge in [0.15, 0.2) is 0 Å². The van der Waals surface area contributed by atoms with Crippen LogP contribution in [-0.4, -0.2) is 16.3 Å². The van der Waals surface area contributed by atoms with E-state index < -0.39 is 0 Å². The van der Waals surface area contributed by atoms with Crippen molar-refractivity contribution in [3.63, 3.8) is 0 Å². The van der Waals surface area contributed by atoms with E-state index in [9.17, 15) is 5.11 Å². The van der Waals surface area contributed by atoms with Gasteiger partial charge in [-0.3, -0.25) is 4.99 Å². The third-order valence-corrected chi connectivity index (χ3v) is 2.82. The number of aromatic hydroxyl groups is 1. The summed E-state index contributed by atoms with van der Waals surface area (Å²) in [6.45, 7) is 0. The van der Waals surface area contributed by atoms with Gasteiger partial charge < -0.3 is 5.11 Å². The van der Waals surface area contributed by atoms with E-state index >= 15 is 0 Å². The van der Waals surface area contributed by atoms with Gasteiger partial charge in [-0.15, -0.1) is 0 Å². The van der Waals surface area contributed by atoms with Gasteiger partial charge in [0.05, 0.1) is 17.6 Å². The molecule has 3 rings (SSSR count). The number of aliphatic imine (C=N–C) groups is 1. The van der Waals surface area contributed by atoms with Crippen molar-refractivity contribution in [2.45, 2.75) is 0 Å². The van der Waals surface area contributed by atoms with Gasteiger partial charge in [0.2, 0.25) is 0 Å². The second-order valence-electron chi connectivity index (χ2n) is 4.18. The van der Waals surface area contributed by atoms with E-state index in [1.165, 1.54) is 0 Å². The first kappa shape index (κ1) is 11.4. The SMILES string of the molecule is Oc1cccc2ccc(C=Nc3ccccc3)nc12. The molecule has 3 aromatic rings. The zero-order valence-corrected chi connectivity index (χ0v) is 10.2. The van der Waals surface area contributed by atoms with Gasteiger partial charge in [0.1, 0.15) is 11.3 Å². The highest BCUT2D eigenvalue weighted by Gasteiger charge is 2.01. The zero-order chi connectivity index (χ0) is 13.1. The van der Waals surface area contributed by atoms with Gasteiger partial charge in [-0.05, 0) is 24.3 Å². The van der Waals surface area contributed by atoms with Gasteiger partial charge in [-0.2, -0.15) is 0 Å². The zero-order valence-electron chi connectivity index (χ0n) is 10.2. The van der Waals surface area contributed by atoms with Crippen LogP contribution < -0.4 is 0 Å². The number of hydrogen-bond donors (Lipinski definition) is 1. The van der Waals surface area contributed by atoms with Crippen molar-refractivity contribution in [1.82, 2.24) is 4.98 Å². The molecule has 0 aliphatic rings. The number of hydrogen-bond acceptors (Lipinski definition) is 3. The highest BCUT2D eigenvalue weighted by atomic mass is 16.3. The number of para-hydroxylation sites is 2. The standard InChI is InChI=1S/C16H12N2O/c19-15-8-4-5-12-9-10-14(18-16(12)15)11-17-13-6-2-1-3-7-13/h1-11,19H. The smallest absolute Gasteiger partial charge is 0.141 e. The average molecular weight is 248 g/mol. The van der Waals surface area contributed by atoms with Crippen molar-refractivity contribution < 1.29 is 5.11 Å². The molecule has 19 heavy (non-hydrogen) atoms. The quantitative estimate of drug-likeness (QED) is 0.703. The Morgan fingerprint density at radius 3 is 2.58 bits per heavy atom. The van der Waals surface area contributed by atoms with Crippen LogP contribution in [0.2, 0.25) is 0 Å². The number of phenols is 1. The van der Waals surface area contributed by atoms with E-state index in [-0.39, 0.29) is 5.75 Å². The molecule has 0 radical (unpaired) electrons. The Morgan fingerprint density at radius 1 is 0.895 bits per heavy atom. The number of benzene rings is 2. The number of pyridine rings is 1. The number of aromatic nitrogens is 1. The maximum atomic E-state index is 9.77. The van der Waals surface area contributed by atoms with Crippen LogP contribution in [-0.2, 0) is 0 Å². The van der Waals surface area contributed by atoms with Crippen molar-refractivity contribution >= 4 is 22.8 Å². The Bertz CT molecular complexity index is 736. The molecule has 0 bridgehead atoms. The van der Waals surface area contributed by atoms with Crippen LogP contribution in [0.1, 0.15) is 5.69 Å². The first-order chi connectivity index (χ1) is 9.33. The molecule has 1 N–H and O–H groups in total. The first-order valence-electron chi connectivity index (χ1n) is 6.01. The van der Waals surface area contributed by atoms with Gasteiger partial charge in [0.25, 0.3) is 0 Å². The summed E-state index contributed by atoms with van der Waals surface area (Å²) in [5.41, 5.74) is 2.19. The topological polar surface area (TPSA) is 45.5 Å². The molecule has 0 spiro atoms. The van der Waals surface area contributed by atoms with Crippen molar-refractivity contribution in [1.29, 1.82) is 0 Å². The molecular formula is C16H12N2O. The largest absolute Gasteiger partial charge is 0.506 e. The maximum Gasteiger partial charge on any atom is 0.141 e. The van der Waals surface area contributed by atoms with Crippen LogP contribution in [0.5, 0.6) is 5.75 Å². The Balaban J connectivity index is 1.98. The summed E-state index contributed by atoms with van der Waals surface area (Å²) in [6, 6.07) is 18.8. The minimum Gasteiger partial charge on any atom is -0.506 e. The fourth-order valence-corrected chi connectivity index (χ4v) is 1.87. The van der Waals surface area contributed by atoms with Crippen LogP contribution in [0.4, 0.5) is 5.69 Å². The van der Waals surface area contributed by atoms with E-state index in [2.05, 4.69) is 9.98 Å². The van der Waals surface area contributed by atoms with Crippen molar-refractivity contribution in [2.75, 3.05) is 0 Å². The summed E-state index contributed by atoms with van der Waals surface area (Å²) in [5.74, 6) is 0.187. The molecule has 1 aromatic heterocycles. The summed E-state index contributed by atoms with van der Waals surface area (Å²) in [5, 5.41) is 10.7. The van der Waals surface area contributed by atoms with Crippen molar-refractivity contribution in [3.8, 4) is 5.75 Å². The average Bonchev–Trinajstić information content (AvgIpc) is 2.47. The lowest BCUT2D eigenvalue weighted by molar-refractivity contribution is 0.480. The summed E-state index contributed by atoms with van der Waals surface area (Å²) >= 11 is 0. The van der Waals surface area contributed by atoms with E-state index in [1.807, 2.05) is 48.5 Å². The van der Waals surface area contributed by atoms with E-state index in [4.69, 9.17) is 0 Å². The second kappa shape index (κ2) is 4.90. The highest BCUT2D eigenvalue weighted by Crippen LogP contribution is 2.22. The molecule has 0 saturated heterocycles. The predicted octanol–water partition coefficient (Wildman–Crippen LogP) is 3.69. The van der Waals surface area contributed by atoms with Gasteiger partial charge in [-0.1, -0.05) is 36.4 Å². The van der Waals surface area contributed by atoms with Crippen LogP contribution in [0.25, 0.3) is 10.9 Å². The van der Waals surface area contributed by atoms with Gasteiger partial charge in [0, 0.05) is 5.39 Å². The van der Waals surface area contributed by atoms with Crippen LogP contribution in [0.3, 0.4) is 0 Å². The molecule has 3 nitrogen and oxygen atoms in total. The molecule has 0 saturated carbocycles. The fraction of sp³-hybridized carbons (Fsp3) is 0. The van der Waals surface area contributed by atoms with E-state index in [0.29, 0.717) is 5.52 Å². The number of fused-ring (bicyclic) bond motifs is 1. The third-order valence-electron chi connectivity index (χ3n) is 2.82. The maximum absolute atomic E-state index is 9.77. The number of rotatable bonds is 2. The summed E-state index contributed by atoms with van der Waals surface area (Å²) in [6.07, 6.45) is 1.70. The van der Waals surface area contributed by atoms with Crippen LogP contribution >= 0.6 is 0 Å². The van der Waals surface area contributed by atoms with Crippen molar-refractivity contribution in [3.05, 3.63) is 66.4 Å². The Labute approximate surface area is 110 Å².